The number of sulfonamides is 1. The summed E-state index contributed by atoms with van der Waals surface area (Å²) in [6.45, 7) is 2.33. The fourth-order valence-electron chi connectivity index (χ4n) is 3.22. The first-order chi connectivity index (χ1) is 14.9. The molecule has 0 spiro atoms. The van der Waals surface area contributed by atoms with Gasteiger partial charge in [0.2, 0.25) is 16.8 Å². The minimum atomic E-state index is -3.78. The average Bonchev–Trinajstić information content (AvgIpc) is 3.25. The number of aryl methyl sites for hydroxylation is 1. The Labute approximate surface area is 181 Å². The molecule has 160 valence electrons. The zero-order chi connectivity index (χ0) is 21.8. The molecule has 7 nitrogen and oxygen atoms in total. The molecular formula is C23H22N2O5S. The van der Waals surface area contributed by atoms with Crippen LogP contribution in [0.5, 0.6) is 11.5 Å². The van der Waals surface area contributed by atoms with Crippen molar-refractivity contribution < 1.29 is 22.7 Å². The van der Waals surface area contributed by atoms with Gasteiger partial charge < -0.3 is 14.8 Å². The maximum Gasteiger partial charge on any atom is 0.251 e. The number of hydrogen-bond donors (Lipinski definition) is 2. The zero-order valence-electron chi connectivity index (χ0n) is 16.9. The van der Waals surface area contributed by atoms with E-state index < -0.39 is 10.0 Å². The number of fused-ring (bicyclic) bond motifs is 1. The molecule has 3 aromatic carbocycles. The van der Waals surface area contributed by atoms with E-state index >= 15 is 0 Å². The van der Waals surface area contributed by atoms with Crippen LogP contribution in [0.3, 0.4) is 0 Å². The Kier molecular flexibility index (Phi) is 5.92. The van der Waals surface area contributed by atoms with Crippen molar-refractivity contribution in [2.45, 2.75) is 24.9 Å². The largest absolute Gasteiger partial charge is 0.454 e. The van der Waals surface area contributed by atoms with Gasteiger partial charge in [-0.25, -0.2) is 13.1 Å². The molecule has 1 aliphatic rings. The summed E-state index contributed by atoms with van der Waals surface area (Å²) >= 11 is 0. The van der Waals surface area contributed by atoms with E-state index in [1.165, 1.54) is 6.07 Å². The number of rotatable bonds is 7. The number of carbonyl (C=O) groups is 1. The van der Waals surface area contributed by atoms with Gasteiger partial charge in [-0.2, -0.15) is 0 Å². The Morgan fingerprint density at radius 3 is 2.48 bits per heavy atom. The van der Waals surface area contributed by atoms with Crippen molar-refractivity contribution >= 4 is 15.9 Å². The molecule has 4 rings (SSSR count). The summed E-state index contributed by atoms with van der Waals surface area (Å²) in [5.41, 5.74) is 2.53. The fraction of sp³-hybridized carbons (Fsp3) is 0.174. The summed E-state index contributed by atoms with van der Waals surface area (Å²) in [5.74, 6) is 0.948. The van der Waals surface area contributed by atoms with E-state index in [0.717, 1.165) is 11.1 Å². The molecule has 0 saturated heterocycles. The van der Waals surface area contributed by atoms with Crippen molar-refractivity contribution in [3.8, 4) is 11.5 Å². The second-order valence-electron chi connectivity index (χ2n) is 7.16. The van der Waals surface area contributed by atoms with Crippen LogP contribution in [0.4, 0.5) is 0 Å². The van der Waals surface area contributed by atoms with Gasteiger partial charge in [0.05, 0.1) is 4.90 Å². The number of carbonyl (C=O) groups excluding carboxylic acids is 1. The van der Waals surface area contributed by atoms with Gasteiger partial charge in [0.1, 0.15) is 0 Å². The second-order valence-corrected chi connectivity index (χ2v) is 8.90. The molecule has 0 aliphatic carbocycles. The maximum absolute atomic E-state index is 12.8. The van der Waals surface area contributed by atoms with Crippen LogP contribution in [-0.2, 0) is 23.1 Å². The number of amides is 1. The van der Waals surface area contributed by atoms with E-state index in [1.54, 1.807) is 31.2 Å². The van der Waals surface area contributed by atoms with Crippen LogP contribution in [0, 0.1) is 6.92 Å². The molecule has 0 fully saturated rings. The van der Waals surface area contributed by atoms with Gasteiger partial charge in [0, 0.05) is 18.7 Å². The zero-order valence-corrected chi connectivity index (χ0v) is 17.7. The number of hydrogen-bond acceptors (Lipinski definition) is 5. The Hall–Kier alpha value is -3.36. The first kappa shape index (κ1) is 20.9. The van der Waals surface area contributed by atoms with Crippen LogP contribution in [-0.4, -0.2) is 21.1 Å². The van der Waals surface area contributed by atoms with Gasteiger partial charge >= 0.3 is 0 Å². The molecule has 0 saturated carbocycles. The molecule has 0 bridgehead atoms. The van der Waals surface area contributed by atoms with Crippen LogP contribution < -0.4 is 19.5 Å². The van der Waals surface area contributed by atoms with Gasteiger partial charge in [0.15, 0.2) is 11.5 Å². The van der Waals surface area contributed by atoms with Gasteiger partial charge in [-0.15, -0.1) is 0 Å². The van der Waals surface area contributed by atoms with Gasteiger partial charge in [-0.3, -0.25) is 4.79 Å². The summed E-state index contributed by atoms with van der Waals surface area (Å²) in [6, 6.07) is 19.3. The lowest BCUT2D eigenvalue weighted by molar-refractivity contribution is 0.0950. The highest BCUT2D eigenvalue weighted by molar-refractivity contribution is 7.89. The standard InChI is InChI=1S/C23H22N2O5S/c1-16-7-9-19(12-22(16)31(27,28)25-14-17-5-3-2-4-6-17)23(26)24-13-18-8-10-20-21(11-18)30-15-29-20/h2-12,25H,13-15H2,1H3,(H,24,26). The summed E-state index contributed by atoms with van der Waals surface area (Å²) < 4.78 is 38.9. The molecular weight excluding hydrogens is 416 g/mol. The van der Waals surface area contributed by atoms with E-state index in [9.17, 15) is 13.2 Å². The van der Waals surface area contributed by atoms with Crippen LogP contribution in [0.25, 0.3) is 0 Å². The van der Waals surface area contributed by atoms with E-state index in [0.29, 0.717) is 17.1 Å². The molecule has 31 heavy (non-hydrogen) atoms. The van der Waals surface area contributed by atoms with Crippen molar-refractivity contribution in [3.63, 3.8) is 0 Å². The first-order valence-electron chi connectivity index (χ1n) is 9.73. The average molecular weight is 439 g/mol. The molecule has 0 aromatic heterocycles. The summed E-state index contributed by atoms with van der Waals surface area (Å²) in [7, 11) is -3.78. The fourth-order valence-corrected chi connectivity index (χ4v) is 4.50. The summed E-state index contributed by atoms with van der Waals surface area (Å²) in [5, 5.41) is 2.81. The third-order valence-corrected chi connectivity index (χ3v) is 6.48. The van der Waals surface area contributed by atoms with Crippen molar-refractivity contribution in [1.29, 1.82) is 0 Å². The van der Waals surface area contributed by atoms with Crippen LogP contribution in [0.15, 0.2) is 71.6 Å². The Bertz CT molecular complexity index is 1210. The smallest absolute Gasteiger partial charge is 0.251 e. The Morgan fingerprint density at radius 1 is 0.903 bits per heavy atom. The van der Waals surface area contributed by atoms with E-state index in [-0.39, 0.29) is 36.2 Å². The van der Waals surface area contributed by atoms with Crippen LogP contribution >= 0.6 is 0 Å². The highest BCUT2D eigenvalue weighted by atomic mass is 32.2. The lowest BCUT2D eigenvalue weighted by Gasteiger charge is -2.12. The summed E-state index contributed by atoms with van der Waals surface area (Å²) in [4.78, 5) is 12.7. The topological polar surface area (TPSA) is 93.7 Å². The third kappa shape index (κ3) is 4.87. The molecule has 2 N–H and O–H groups in total. The van der Waals surface area contributed by atoms with E-state index in [2.05, 4.69) is 10.0 Å². The lowest BCUT2D eigenvalue weighted by Crippen LogP contribution is -2.26. The normalized spacial score (nSPS) is 12.5. The van der Waals surface area contributed by atoms with Crippen LogP contribution in [0.1, 0.15) is 27.0 Å². The van der Waals surface area contributed by atoms with Gasteiger partial charge in [-0.05, 0) is 47.9 Å². The van der Waals surface area contributed by atoms with Gasteiger partial charge in [-0.1, -0.05) is 42.5 Å². The maximum atomic E-state index is 12.8. The van der Waals surface area contributed by atoms with E-state index in [1.807, 2.05) is 36.4 Å². The predicted molar refractivity (Wildman–Crippen MR) is 115 cm³/mol. The van der Waals surface area contributed by atoms with Crippen molar-refractivity contribution in [2.75, 3.05) is 6.79 Å². The highest BCUT2D eigenvalue weighted by Gasteiger charge is 2.19. The number of benzene rings is 3. The lowest BCUT2D eigenvalue weighted by atomic mass is 10.1. The quantitative estimate of drug-likeness (QED) is 0.591. The predicted octanol–water partition coefficient (Wildman–Crippen LogP) is 3.13. The SMILES string of the molecule is Cc1ccc(C(=O)NCc2ccc3c(c2)OCO3)cc1S(=O)(=O)NCc1ccccc1. The molecule has 0 unspecified atom stereocenters. The molecule has 1 heterocycles. The number of nitrogens with one attached hydrogen (secondary N) is 2. The Morgan fingerprint density at radius 2 is 1.68 bits per heavy atom. The third-order valence-electron chi connectivity index (χ3n) is 4.94. The van der Waals surface area contributed by atoms with Gasteiger partial charge in [0.25, 0.3) is 5.91 Å². The second kappa shape index (κ2) is 8.79. The summed E-state index contributed by atoms with van der Waals surface area (Å²) in [6.07, 6.45) is 0. The molecule has 0 atom stereocenters. The minimum Gasteiger partial charge on any atom is -0.454 e. The Balaban J connectivity index is 1.45. The minimum absolute atomic E-state index is 0.0826. The van der Waals surface area contributed by atoms with Crippen molar-refractivity contribution in [3.05, 3.63) is 89.0 Å². The molecule has 0 radical (unpaired) electrons. The molecule has 8 heteroatoms. The molecule has 1 amide bonds. The molecule has 3 aromatic rings. The monoisotopic (exact) mass is 438 g/mol. The van der Waals surface area contributed by atoms with Crippen molar-refractivity contribution in [1.82, 2.24) is 10.0 Å². The van der Waals surface area contributed by atoms with Crippen LogP contribution in [0.2, 0.25) is 0 Å². The first-order valence-corrected chi connectivity index (χ1v) is 11.2. The molecule has 1 aliphatic heterocycles. The van der Waals surface area contributed by atoms with E-state index in [4.69, 9.17) is 9.47 Å². The number of ether oxygens (including phenoxy) is 2. The highest BCUT2D eigenvalue weighted by Crippen LogP contribution is 2.32. The van der Waals surface area contributed by atoms with Crippen molar-refractivity contribution in [2.24, 2.45) is 0 Å².